The fourth-order valence-electron chi connectivity index (χ4n) is 3.32. The Hall–Kier alpha value is -3.72. The van der Waals surface area contributed by atoms with Crippen LogP contribution in [0, 0.1) is 10.1 Å². The molecule has 0 saturated heterocycles. The topological polar surface area (TPSA) is 113 Å². The number of aliphatic hydroxyl groups is 1. The molecule has 0 fully saturated rings. The van der Waals surface area contributed by atoms with E-state index in [1.165, 1.54) is 29.2 Å². The van der Waals surface area contributed by atoms with Crippen LogP contribution in [0.4, 0.5) is 11.4 Å². The number of ether oxygens (including phenoxy) is 1. The number of benzene rings is 2. The molecule has 3 rings (SSSR count). The van der Waals surface area contributed by atoms with Gasteiger partial charge in [0.15, 0.2) is 0 Å². The highest BCUT2D eigenvalue weighted by Gasteiger charge is 2.41. The Balaban J connectivity index is 2.02. The van der Waals surface area contributed by atoms with Crippen LogP contribution in [0.1, 0.15) is 19.4 Å². The smallest absolute Gasteiger partial charge is 0.282 e. The summed E-state index contributed by atoms with van der Waals surface area (Å²) in [6, 6.07) is 12.0. The number of rotatable bonds is 8. The van der Waals surface area contributed by atoms with Crippen molar-refractivity contribution >= 4 is 28.8 Å². The average Bonchev–Trinajstić information content (AvgIpc) is 2.99. The third-order valence-electron chi connectivity index (χ3n) is 4.71. The number of amides is 2. The van der Waals surface area contributed by atoms with Gasteiger partial charge in [-0.3, -0.25) is 19.7 Å². The zero-order valence-corrected chi connectivity index (χ0v) is 17.4. The van der Waals surface area contributed by atoms with Crippen LogP contribution in [0.5, 0.6) is 5.75 Å². The lowest BCUT2D eigenvalue weighted by atomic mass is 10.0. The molecule has 9 nitrogen and oxygen atoms in total. The molecule has 31 heavy (non-hydrogen) atoms. The van der Waals surface area contributed by atoms with Gasteiger partial charge in [0.2, 0.25) is 0 Å². The van der Waals surface area contributed by atoms with Gasteiger partial charge in [-0.15, -0.1) is 0 Å². The van der Waals surface area contributed by atoms with Gasteiger partial charge in [-0.05, 0) is 55.8 Å². The van der Waals surface area contributed by atoms with E-state index in [1.807, 2.05) is 13.8 Å². The van der Waals surface area contributed by atoms with E-state index in [9.17, 15) is 24.8 Å². The van der Waals surface area contributed by atoms with Crippen LogP contribution >= 0.6 is 0 Å². The summed E-state index contributed by atoms with van der Waals surface area (Å²) in [5.74, 6) is -0.470. The molecule has 0 aliphatic carbocycles. The summed E-state index contributed by atoms with van der Waals surface area (Å²) in [5.41, 5.74) is 0.877. The lowest BCUT2D eigenvalue weighted by molar-refractivity contribution is -0.384. The molecule has 1 N–H and O–H groups in total. The summed E-state index contributed by atoms with van der Waals surface area (Å²) in [5, 5.41) is 20.3. The highest BCUT2D eigenvalue weighted by molar-refractivity contribution is 6.45. The molecule has 0 unspecified atom stereocenters. The van der Waals surface area contributed by atoms with Crippen LogP contribution in [-0.2, 0) is 9.59 Å². The van der Waals surface area contributed by atoms with Crippen molar-refractivity contribution in [3.8, 4) is 5.75 Å². The molecule has 2 amide bonds. The molecule has 162 valence electrons. The quantitative estimate of drug-likeness (QED) is 0.393. The first-order valence-electron chi connectivity index (χ1n) is 9.71. The molecular weight excluding hydrogens is 402 g/mol. The molecule has 0 saturated carbocycles. The standard InChI is InChI=1S/C22H23N3O6/c1-14(2)31-18-10-8-16(9-11-18)24-21(27)19(20(22(24)28)23(3)12-13-26)15-4-6-17(7-5-15)25(29)30/h4-11,14,26H,12-13H2,1-3H3. The van der Waals surface area contributed by atoms with E-state index in [2.05, 4.69) is 0 Å². The van der Waals surface area contributed by atoms with Crippen LogP contribution in [-0.4, -0.2) is 53.0 Å². The van der Waals surface area contributed by atoms with E-state index in [4.69, 9.17) is 4.74 Å². The van der Waals surface area contributed by atoms with Gasteiger partial charge in [-0.2, -0.15) is 0 Å². The summed E-state index contributed by atoms with van der Waals surface area (Å²) in [6.07, 6.45) is -0.0185. The van der Waals surface area contributed by atoms with E-state index in [0.717, 1.165) is 4.90 Å². The van der Waals surface area contributed by atoms with Crippen LogP contribution in [0.15, 0.2) is 54.2 Å². The van der Waals surface area contributed by atoms with Crippen LogP contribution in [0.25, 0.3) is 5.57 Å². The minimum Gasteiger partial charge on any atom is -0.491 e. The lowest BCUT2D eigenvalue weighted by Gasteiger charge is -2.20. The monoisotopic (exact) mass is 425 g/mol. The maximum absolute atomic E-state index is 13.3. The van der Waals surface area contributed by atoms with Gasteiger partial charge in [-0.1, -0.05) is 0 Å². The molecule has 0 bridgehead atoms. The minimum absolute atomic E-state index is 0.0185. The average molecular weight is 425 g/mol. The number of non-ortho nitro benzene ring substituents is 1. The van der Waals surface area contributed by atoms with Crippen LogP contribution in [0.2, 0.25) is 0 Å². The van der Waals surface area contributed by atoms with Gasteiger partial charge in [0.1, 0.15) is 11.4 Å². The van der Waals surface area contributed by atoms with Crippen molar-refractivity contribution in [1.29, 1.82) is 0 Å². The SMILES string of the molecule is CC(C)Oc1ccc(N2C(=O)C(c3ccc([N+](=O)[O-])cc3)=C(N(C)CCO)C2=O)cc1. The zero-order valence-electron chi connectivity index (χ0n) is 17.4. The molecule has 1 aliphatic heterocycles. The first kappa shape index (κ1) is 22.0. The second-order valence-corrected chi connectivity index (χ2v) is 7.28. The summed E-state index contributed by atoms with van der Waals surface area (Å²) in [7, 11) is 1.60. The Bertz CT molecular complexity index is 1030. The third kappa shape index (κ3) is 4.41. The first-order chi connectivity index (χ1) is 14.7. The Kier molecular flexibility index (Phi) is 6.36. The van der Waals surface area contributed by atoms with Crippen molar-refractivity contribution < 1.29 is 24.4 Å². The largest absolute Gasteiger partial charge is 0.491 e. The Labute approximate surface area is 179 Å². The van der Waals surface area contributed by atoms with Gasteiger partial charge < -0.3 is 14.7 Å². The number of likely N-dealkylation sites (N-methyl/N-ethyl adjacent to an activating group) is 1. The highest BCUT2D eigenvalue weighted by Crippen LogP contribution is 2.35. The van der Waals surface area contributed by atoms with Gasteiger partial charge in [0, 0.05) is 25.7 Å². The molecule has 0 radical (unpaired) electrons. The van der Waals surface area contributed by atoms with Gasteiger partial charge >= 0.3 is 0 Å². The fraction of sp³-hybridized carbons (Fsp3) is 0.273. The van der Waals surface area contributed by atoms with E-state index >= 15 is 0 Å². The number of carbonyl (C=O) groups is 2. The summed E-state index contributed by atoms with van der Waals surface area (Å²) in [6.45, 7) is 3.71. The Morgan fingerprint density at radius 3 is 2.19 bits per heavy atom. The normalized spacial score (nSPS) is 13.9. The summed E-state index contributed by atoms with van der Waals surface area (Å²) >= 11 is 0. The van der Waals surface area contributed by atoms with Crippen molar-refractivity contribution in [1.82, 2.24) is 4.90 Å². The molecule has 0 aromatic heterocycles. The molecule has 2 aromatic rings. The van der Waals surface area contributed by atoms with E-state index in [1.54, 1.807) is 31.3 Å². The Morgan fingerprint density at radius 1 is 1.06 bits per heavy atom. The number of anilines is 1. The number of imide groups is 1. The zero-order chi connectivity index (χ0) is 22.7. The number of nitro groups is 1. The maximum atomic E-state index is 13.3. The van der Waals surface area contributed by atoms with Gasteiger partial charge in [0.25, 0.3) is 17.5 Å². The lowest BCUT2D eigenvalue weighted by Crippen LogP contribution is -2.34. The molecule has 2 aromatic carbocycles. The number of aliphatic hydroxyl groups excluding tert-OH is 1. The van der Waals surface area contributed by atoms with Crippen LogP contribution < -0.4 is 9.64 Å². The minimum atomic E-state index is -0.545. The van der Waals surface area contributed by atoms with E-state index < -0.39 is 16.7 Å². The van der Waals surface area contributed by atoms with Gasteiger partial charge in [0.05, 0.1) is 28.9 Å². The highest BCUT2D eigenvalue weighted by atomic mass is 16.6. The van der Waals surface area contributed by atoms with Crippen molar-refractivity contribution in [2.24, 2.45) is 0 Å². The molecule has 9 heteroatoms. The summed E-state index contributed by atoms with van der Waals surface area (Å²) < 4.78 is 5.61. The molecular formula is C22H23N3O6. The third-order valence-corrected chi connectivity index (χ3v) is 4.71. The van der Waals surface area contributed by atoms with Crippen LogP contribution in [0.3, 0.4) is 0 Å². The predicted octanol–water partition coefficient (Wildman–Crippen LogP) is 2.59. The number of nitro benzene ring substituents is 1. The van der Waals surface area contributed by atoms with Crippen molar-refractivity contribution in [2.45, 2.75) is 20.0 Å². The van der Waals surface area contributed by atoms with Crippen molar-refractivity contribution in [2.75, 3.05) is 25.1 Å². The molecule has 1 aliphatic rings. The van der Waals surface area contributed by atoms with Crippen molar-refractivity contribution in [3.05, 3.63) is 69.9 Å². The fourth-order valence-corrected chi connectivity index (χ4v) is 3.32. The second kappa shape index (κ2) is 8.97. The number of hydrogen-bond acceptors (Lipinski definition) is 7. The second-order valence-electron chi connectivity index (χ2n) is 7.28. The molecule has 1 heterocycles. The van der Waals surface area contributed by atoms with E-state index in [0.29, 0.717) is 17.0 Å². The number of carbonyl (C=O) groups excluding carboxylic acids is 2. The molecule has 0 spiro atoms. The maximum Gasteiger partial charge on any atom is 0.282 e. The van der Waals surface area contributed by atoms with E-state index in [-0.39, 0.29) is 36.2 Å². The number of hydrogen-bond donors (Lipinski definition) is 1. The molecule has 0 atom stereocenters. The predicted molar refractivity (Wildman–Crippen MR) is 114 cm³/mol. The number of nitrogens with zero attached hydrogens (tertiary/aromatic N) is 3. The Morgan fingerprint density at radius 2 is 1.68 bits per heavy atom. The van der Waals surface area contributed by atoms with Gasteiger partial charge in [-0.25, -0.2) is 4.90 Å². The van der Waals surface area contributed by atoms with Crippen molar-refractivity contribution in [3.63, 3.8) is 0 Å². The summed E-state index contributed by atoms with van der Waals surface area (Å²) in [4.78, 5) is 39.5. The first-order valence-corrected chi connectivity index (χ1v) is 9.71.